The molecule has 2 fully saturated rings. The minimum absolute atomic E-state index is 0.00514. The number of halogens is 3. The van der Waals surface area contributed by atoms with Crippen molar-refractivity contribution in [1.29, 1.82) is 0 Å². The molecule has 0 amide bonds. The van der Waals surface area contributed by atoms with Gasteiger partial charge in [-0.25, -0.2) is 9.97 Å². The van der Waals surface area contributed by atoms with Gasteiger partial charge in [0.2, 0.25) is 0 Å². The summed E-state index contributed by atoms with van der Waals surface area (Å²) in [6, 6.07) is 9.31. The summed E-state index contributed by atoms with van der Waals surface area (Å²) < 4.78 is 41.1. The van der Waals surface area contributed by atoms with Crippen molar-refractivity contribution in [2.24, 2.45) is 5.92 Å². The number of pyridine rings is 1. The number of benzene rings is 1. The molecule has 3 aromatic rings. The fourth-order valence-corrected chi connectivity index (χ4v) is 5.43. The summed E-state index contributed by atoms with van der Waals surface area (Å²) in [7, 11) is 0. The fourth-order valence-electron chi connectivity index (χ4n) is 5.43. The van der Waals surface area contributed by atoms with Gasteiger partial charge in [-0.1, -0.05) is 6.07 Å². The molecule has 190 valence electrons. The molecule has 0 bridgehead atoms. The third-order valence-corrected chi connectivity index (χ3v) is 7.34. The molecule has 1 aromatic carbocycles. The molecule has 1 aliphatic heterocycles. The lowest BCUT2D eigenvalue weighted by Crippen LogP contribution is -2.53. The fraction of sp³-hybridized carbons (Fsp3) is 0.462. The Morgan fingerprint density at radius 1 is 1.03 bits per heavy atom. The summed E-state index contributed by atoms with van der Waals surface area (Å²) in [4.78, 5) is 35.1. The van der Waals surface area contributed by atoms with E-state index in [1.807, 2.05) is 16.8 Å². The van der Waals surface area contributed by atoms with Crippen molar-refractivity contribution >= 4 is 22.5 Å². The van der Waals surface area contributed by atoms with Crippen molar-refractivity contribution < 1.29 is 18.0 Å². The lowest BCUT2D eigenvalue weighted by Gasteiger charge is -2.46. The van der Waals surface area contributed by atoms with Crippen molar-refractivity contribution in [2.75, 3.05) is 25.0 Å². The summed E-state index contributed by atoms with van der Waals surface area (Å²) in [6.45, 7) is 1.76. The monoisotopic (exact) mass is 499 g/mol. The second-order valence-electron chi connectivity index (χ2n) is 9.78. The topological polar surface area (TPSA) is 80.1 Å². The Bertz CT molecular complexity index is 1290. The van der Waals surface area contributed by atoms with Crippen molar-refractivity contribution in [3.05, 3.63) is 64.8 Å². The Kier molecular flexibility index (Phi) is 6.79. The molecule has 1 N–H and O–H groups in total. The third kappa shape index (κ3) is 5.28. The van der Waals surface area contributed by atoms with Crippen LogP contribution >= 0.6 is 0 Å². The average molecular weight is 500 g/mol. The van der Waals surface area contributed by atoms with Crippen LogP contribution in [0.25, 0.3) is 10.9 Å². The van der Waals surface area contributed by atoms with E-state index in [-0.39, 0.29) is 41.1 Å². The van der Waals surface area contributed by atoms with Crippen LogP contribution in [-0.2, 0) is 11.0 Å². The molecule has 0 atom stereocenters. The zero-order valence-corrected chi connectivity index (χ0v) is 19.7. The number of nitrogens with one attached hydrogen (secondary N) is 1. The number of carbonyl (C=O) groups is 1. The van der Waals surface area contributed by atoms with E-state index in [9.17, 15) is 22.8 Å². The Morgan fingerprint density at radius 2 is 1.78 bits per heavy atom. The average Bonchev–Trinajstić information content (AvgIpc) is 2.84. The Hall–Kier alpha value is -3.27. The summed E-state index contributed by atoms with van der Waals surface area (Å²) in [5.41, 5.74) is -0.346. The van der Waals surface area contributed by atoms with Gasteiger partial charge in [-0.2, -0.15) is 13.2 Å². The molecule has 7 nitrogen and oxygen atoms in total. The van der Waals surface area contributed by atoms with Crippen LogP contribution in [0.15, 0.2) is 53.7 Å². The van der Waals surface area contributed by atoms with Gasteiger partial charge in [0.15, 0.2) is 5.78 Å². The molecule has 5 rings (SSSR count). The van der Waals surface area contributed by atoms with Gasteiger partial charge < -0.3 is 9.88 Å². The van der Waals surface area contributed by atoms with E-state index in [1.54, 1.807) is 12.1 Å². The first-order valence-corrected chi connectivity index (χ1v) is 12.3. The summed E-state index contributed by atoms with van der Waals surface area (Å²) in [6.07, 6.45) is 3.12. The molecule has 2 aliphatic rings. The van der Waals surface area contributed by atoms with Gasteiger partial charge in [-0.15, -0.1) is 0 Å². The second-order valence-corrected chi connectivity index (χ2v) is 9.78. The lowest BCUT2D eigenvalue weighted by molar-refractivity contribution is -0.137. The SMILES string of the molecule is O=C(CNc1ncnc2ccc(C(F)(F)F)cc12)CC1CN(C2CCC(n3ccccc3=O)CC2)C1. The van der Waals surface area contributed by atoms with E-state index in [4.69, 9.17) is 0 Å². The van der Waals surface area contributed by atoms with Gasteiger partial charge in [0.25, 0.3) is 5.56 Å². The molecule has 2 aromatic heterocycles. The Morgan fingerprint density at radius 3 is 2.50 bits per heavy atom. The molecular formula is C26H28F3N5O2. The molecule has 1 saturated heterocycles. The molecule has 0 radical (unpaired) electrons. The Labute approximate surface area is 206 Å². The number of nitrogens with zero attached hydrogens (tertiary/aromatic N) is 4. The smallest absolute Gasteiger partial charge is 0.362 e. The molecule has 1 aliphatic carbocycles. The van der Waals surface area contributed by atoms with Crippen LogP contribution in [0.1, 0.15) is 43.7 Å². The van der Waals surface area contributed by atoms with E-state index in [1.165, 1.54) is 12.4 Å². The number of hydrogen-bond donors (Lipinski definition) is 1. The van der Waals surface area contributed by atoms with Gasteiger partial charge in [0.05, 0.1) is 17.6 Å². The van der Waals surface area contributed by atoms with Crippen molar-refractivity contribution in [1.82, 2.24) is 19.4 Å². The van der Waals surface area contributed by atoms with Crippen molar-refractivity contribution in [3.63, 3.8) is 0 Å². The molecule has 10 heteroatoms. The number of aromatic nitrogens is 3. The normalized spacial score (nSPS) is 21.3. The largest absolute Gasteiger partial charge is 0.416 e. The maximum absolute atomic E-state index is 13.1. The quantitative estimate of drug-likeness (QED) is 0.522. The Balaban J connectivity index is 1.09. The minimum Gasteiger partial charge on any atom is -0.362 e. The first-order chi connectivity index (χ1) is 17.3. The van der Waals surface area contributed by atoms with Crippen LogP contribution in [0, 0.1) is 5.92 Å². The minimum atomic E-state index is -4.47. The number of hydrogen-bond acceptors (Lipinski definition) is 6. The van der Waals surface area contributed by atoms with Crippen LogP contribution in [0.5, 0.6) is 0 Å². The number of carbonyl (C=O) groups excluding carboxylic acids is 1. The number of fused-ring (bicyclic) bond motifs is 1. The first-order valence-electron chi connectivity index (χ1n) is 12.3. The maximum atomic E-state index is 13.1. The van der Waals surface area contributed by atoms with Crippen molar-refractivity contribution in [3.8, 4) is 0 Å². The van der Waals surface area contributed by atoms with E-state index < -0.39 is 11.7 Å². The molecule has 1 saturated carbocycles. The number of ketones is 1. The first kappa shape index (κ1) is 24.4. The highest BCUT2D eigenvalue weighted by Gasteiger charge is 2.35. The number of anilines is 1. The van der Waals surface area contributed by atoms with Gasteiger partial charge in [0, 0.05) is 49.2 Å². The molecule has 36 heavy (non-hydrogen) atoms. The molecule has 0 spiro atoms. The van der Waals surface area contributed by atoms with E-state index in [2.05, 4.69) is 20.2 Å². The molecular weight excluding hydrogens is 471 g/mol. The van der Waals surface area contributed by atoms with Crippen LogP contribution in [0.2, 0.25) is 0 Å². The second kappa shape index (κ2) is 10.0. The zero-order valence-electron chi connectivity index (χ0n) is 19.7. The standard InChI is InChI=1S/C26H28F3N5O2/c27-26(28,29)18-4-9-23-22(12-18)25(32-16-31-23)30-13-21(35)11-17-14-33(15-17)19-5-7-20(8-6-19)34-10-2-1-3-24(34)36/h1-4,9-10,12,16-17,19-20H,5-8,11,13-15H2,(H,30,31,32). The van der Waals surface area contributed by atoms with E-state index >= 15 is 0 Å². The molecule has 0 unspecified atom stereocenters. The van der Waals surface area contributed by atoms with Crippen LogP contribution in [0.3, 0.4) is 0 Å². The predicted molar refractivity (Wildman–Crippen MR) is 130 cm³/mol. The third-order valence-electron chi connectivity index (χ3n) is 7.34. The zero-order chi connectivity index (χ0) is 25.3. The number of alkyl halides is 3. The van der Waals surface area contributed by atoms with E-state index in [0.29, 0.717) is 18.0 Å². The van der Waals surface area contributed by atoms with Crippen LogP contribution in [0.4, 0.5) is 19.0 Å². The maximum Gasteiger partial charge on any atom is 0.416 e. The highest BCUT2D eigenvalue weighted by molar-refractivity contribution is 5.91. The summed E-state index contributed by atoms with van der Waals surface area (Å²) in [5.74, 6) is 0.516. The number of Topliss-reactive ketones (excluding diaryl/α,β-unsaturated/α-hetero) is 1. The molecule has 3 heterocycles. The van der Waals surface area contributed by atoms with Gasteiger partial charge in [-0.3, -0.25) is 14.5 Å². The highest BCUT2D eigenvalue weighted by atomic mass is 19.4. The highest BCUT2D eigenvalue weighted by Crippen LogP contribution is 2.35. The van der Waals surface area contributed by atoms with E-state index in [0.717, 1.165) is 50.9 Å². The number of likely N-dealkylation sites (tertiary alicyclic amines) is 1. The lowest BCUT2D eigenvalue weighted by atomic mass is 9.85. The van der Waals surface area contributed by atoms with Crippen LogP contribution < -0.4 is 10.9 Å². The van der Waals surface area contributed by atoms with Crippen molar-refractivity contribution in [2.45, 2.75) is 50.4 Å². The van der Waals surface area contributed by atoms with Gasteiger partial charge in [0.1, 0.15) is 12.1 Å². The van der Waals surface area contributed by atoms with Gasteiger partial charge >= 0.3 is 6.18 Å². The van der Waals surface area contributed by atoms with Crippen LogP contribution in [-0.4, -0.2) is 50.9 Å². The summed E-state index contributed by atoms with van der Waals surface area (Å²) in [5, 5.41) is 3.15. The van der Waals surface area contributed by atoms with Gasteiger partial charge in [-0.05, 0) is 55.9 Å². The predicted octanol–water partition coefficient (Wildman–Crippen LogP) is 4.30. The summed E-state index contributed by atoms with van der Waals surface area (Å²) >= 11 is 0. The number of rotatable bonds is 7.